The van der Waals surface area contributed by atoms with Crippen LogP contribution in [0.5, 0.6) is 0 Å². The Labute approximate surface area is 119 Å². The van der Waals surface area contributed by atoms with Gasteiger partial charge in [0.05, 0.1) is 6.54 Å². The second-order valence-corrected chi connectivity index (χ2v) is 5.31. The van der Waals surface area contributed by atoms with Gasteiger partial charge >= 0.3 is 0 Å². The molecule has 1 aromatic rings. The molecule has 0 saturated carbocycles. The molecule has 1 saturated heterocycles. The molecule has 5 nitrogen and oxygen atoms in total. The molecule has 1 aliphatic rings. The molecule has 1 amide bonds. The number of ketones is 1. The fourth-order valence-corrected chi connectivity index (χ4v) is 2.47. The Bertz CT molecular complexity index is 502. The first kappa shape index (κ1) is 14.7. The summed E-state index contributed by atoms with van der Waals surface area (Å²) < 4.78 is 0. The predicted molar refractivity (Wildman–Crippen MR) is 78.7 cm³/mol. The number of hydrogen-bond donors (Lipinski definition) is 2. The van der Waals surface area contributed by atoms with E-state index in [2.05, 4.69) is 10.2 Å². The smallest absolute Gasteiger partial charge is 0.238 e. The maximum atomic E-state index is 12.0. The highest BCUT2D eigenvalue weighted by Gasteiger charge is 2.22. The van der Waals surface area contributed by atoms with Gasteiger partial charge in [0.1, 0.15) is 0 Å². The van der Waals surface area contributed by atoms with Crippen LogP contribution in [0.15, 0.2) is 24.3 Å². The van der Waals surface area contributed by atoms with Crippen LogP contribution in [-0.2, 0) is 4.79 Å². The second kappa shape index (κ2) is 6.63. The van der Waals surface area contributed by atoms with Crippen molar-refractivity contribution in [1.29, 1.82) is 0 Å². The van der Waals surface area contributed by atoms with Crippen LogP contribution in [0.2, 0.25) is 0 Å². The Balaban J connectivity index is 1.88. The Morgan fingerprint density at radius 2 is 2.25 bits per heavy atom. The van der Waals surface area contributed by atoms with Gasteiger partial charge in [0.15, 0.2) is 5.78 Å². The van der Waals surface area contributed by atoms with Crippen LogP contribution < -0.4 is 11.1 Å². The number of carbonyl (C=O) groups is 2. The topological polar surface area (TPSA) is 75.4 Å². The molecule has 5 heteroatoms. The second-order valence-electron chi connectivity index (χ2n) is 5.31. The zero-order valence-electron chi connectivity index (χ0n) is 11.8. The molecule has 3 N–H and O–H groups in total. The van der Waals surface area contributed by atoms with E-state index in [9.17, 15) is 9.59 Å². The number of nitrogens with zero attached hydrogens (tertiary/aromatic N) is 1. The van der Waals surface area contributed by atoms with Crippen LogP contribution in [0.1, 0.15) is 23.7 Å². The lowest BCUT2D eigenvalue weighted by molar-refractivity contribution is -0.117. The quantitative estimate of drug-likeness (QED) is 0.789. The van der Waals surface area contributed by atoms with Gasteiger partial charge in [-0.05, 0) is 44.5 Å². The molecular weight excluding hydrogens is 254 g/mol. The standard InChI is InChI=1S/C15H21N3O2/c1-11(19)13-3-2-4-14(7-13)17-15(20)10-18-6-5-12(8-16)9-18/h2-4,7,12H,5-6,8-10,16H2,1H3,(H,17,20). The number of benzene rings is 1. The molecule has 2 rings (SSSR count). The van der Waals surface area contributed by atoms with E-state index in [1.54, 1.807) is 24.3 Å². The van der Waals surface area contributed by atoms with Crippen LogP contribution in [0.4, 0.5) is 5.69 Å². The summed E-state index contributed by atoms with van der Waals surface area (Å²) in [5.74, 6) is 0.443. The van der Waals surface area contributed by atoms with Crippen molar-refractivity contribution < 1.29 is 9.59 Å². The summed E-state index contributed by atoms with van der Waals surface area (Å²) in [5.41, 5.74) is 6.90. The van der Waals surface area contributed by atoms with Crippen molar-refractivity contribution in [2.75, 3.05) is 31.5 Å². The van der Waals surface area contributed by atoms with Crippen molar-refractivity contribution in [1.82, 2.24) is 4.90 Å². The van der Waals surface area contributed by atoms with Gasteiger partial charge in [-0.15, -0.1) is 0 Å². The maximum Gasteiger partial charge on any atom is 0.238 e. The van der Waals surface area contributed by atoms with Gasteiger partial charge in [-0.2, -0.15) is 0 Å². The van der Waals surface area contributed by atoms with Gasteiger partial charge in [0.2, 0.25) is 5.91 Å². The lowest BCUT2D eigenvalue weighted by Gasteiger charge is -2.15. The van der Waals surface area contributed by atoms with E-state index in [1.807, 2.05) is 0 Å². The van der Waals surface area contributed by atoms with E-state index >= 15 is 0 Å². The Hall–Kier alpha value is -1.72. The fraction of sp³-hybridized carbons (Fsp3) is 0.467. The largest absolute Gasteiger partial charge is 0.330 e. The molecule has 1 fully saturated rings. The van der Waals surface area contributed by atoms with Crippen molar-refractivity contribution in [3.05, 3.63) is 29.8 Å². The Kier molecular flexibility index (Phi) is 4.87. The fourth-order valence-electron chi connectivity index (χ4n) is 2.47. The molecule has 0 radical (unpaired) electrons. The Morgan fingerprint density at radius 1 is 1.45 bits per heavy atom. The number of hydrogen-bond acceptors (Lipinski definition) is 4. The van der Waals surface area contributed by atoms with Gasteiger partial charge in [-0.1, -0.05) is 12.1 Å². The molecule has 0 spiro atoms. The minimum atomic E-state index is -0.0524. The highest BCUT2D eigenvalue weighted by atomic mass is 16.2. The highest BCUT2D eigenvalue weighted by molar-refractivity contribution is 5.97. The zero-order chi connectivity index (χ0) is 14.5. The van der Waals surface area contributed by atoms with E-state index in [0.29, 0.717) is 30.3 Å². The molecule has 1 aliphatic heterocycles. The first-order chi connectivity index (χ1) is 9.58. The third-order valence-electron chi connectivity index (χ3n) is 3.62. The number of anilines is 1. The summed E-state index contributed by atoms with van der Waals surface area (Å²) >= 11 is 0. The monoisotopic (exact) mass is 275 g/mol. The normalized spacial score (nSPS) is 19.0. The zero-order valence-corrected chi connectivity index (χ0v) is 11.8. The van der Waals surface area contributed by atoms with E-state index in [1.165, 1.54) is 6.92 Å². The number of amides is 1. The summed E-state index contributed by atoms with van der Waals surface area (Å²) in [6.45, 7) is 4.37. The van der Waals surface area contributed by atoms with E-state index < -0.39 is 0 Å². The van der Waals surface area contributed by atoms with Crippen molar-refractivity contribution in [3.63, 3.8) is 0 Å². The molecule has 108 valence electrons. The number of nitrogens with two attached hydrogens (primary N) is 1. The molecule has 1 aromatic carbocycles. The van der Waals surface area contributed by atoms with Crippen molar-refractivity contribution in [2.45, 2.75) is 13.3 Å². The minimum absolute atomic E-state index is 0.00794. The maximum absolute atomic E-state index is 12.0. The number of nitrogens with one attached hydrogen (secondary N) is 1. The average Bonchev–Trinajstić information content (AvgIpc) is 2.86. The number of rotatable bonds is 5. The molecule has 20 heavy (non-hydrogen) atoms. The first-order valence-corrected chi connectivity index (χ1v) is 6.91. The van der Waals surface area contributed by atoms with Gasteiger partial charge in [-0.25, -0.2) is 0 Å². The van der Waals surface area contributed by atoms with E-state index in [-0.39, 0.29) is 11.7 Å². The lowest BCUT2D eigenvalue weighted by Crippen LogP contribution is -2.32. The molecule has 0 aliphatic carbocycles. The van der Waals surface area contributed by atoms with Gasteiger partial charge in [0, 0.05) is 17.8 Å². The first-order valence-electron chi connectivity index (χ1n) is 6.91. The third kappa shape index (κ3) is 3.88. The van der Waals surface area contributed by atoms with Crippen LogP contribution in [-0.4, -0.2) is 42.8 Å². The third-order valence-corrected chi connectivity index (χ3v) is 3.62. The van der Waals surface area contributed by atoms with Gasteiger partial charge in [-0.3, -0.25) is 14.5 Å². The molecule has 1 heterocycles. The summed E-state index contributed by atoms with van der Waals surface area (Å²) in [5, 5.41) is 2.83. The summed E-state index contributed by atoms with van der Waals surface area (Å²) in [4.78, 5) is 25.4. The van der Waals surface area contributed by atoms with Crippen LogP contribution in [0, 0.1) is 5.92 Å². The number of carbonyl (C=O) groups excluding carboxylic acids is 2. The summed E-state index contributed by atoms with van der Waals surface area (Å²) in [7, 11) is 0. The van der Waals surface area contributed by atoms with Gasteiger partial charge in [0.25, 0.3) is 0 Å². The van der Waals surface area contributed by atoms with Crippen molar-refractivity contribution in [3.8, 4) is 0 Å². The molecule has 1 unspecified atom stereocenters. The lowest BCUT2D eigenvalue weighted by atomic mass is 10.1. The SMILES string of the molecule is CC(=O)c1cccc(NC(=O)CN2CCC(CN)C2)c1. The minimum Gasteiger partial charge on any atom is -0.330 e. The molecule has 0 bridgehead atoms. The number of likely N-dealkylation sites (tertiary alicyclic amines) is 1. The molecule has 0 aromatic heterocycles. The highest BCUT2D eigenvalue weighted by Crippen LogP contribution is 2.15. The van der Waals surface area contributed by atoms with Crippen LogP contribution in [0.25, 0.3) is 0 Å². The van der Waals surface area contributed by atoms with E-state index in [0.717, 1.165) is 19.5 Å². The predicted octanol–water partition coefficient (Wildman–Crippen LogP) is 1.11. The number of Topliss-reactive ketones (excluding diaryl/α,β-unsaturated/α-hetero) is 1. The molecular formula is C15H21N3O2. The molecule has 1 atom stereocenters. The van der Waals surface area contributed by atoms with Crippen molar-refractivity contribution >= 4 is 17.4 Å². The van der Waals surface area contributed by atoms with Crippen LogP contribution in [0.3, 0.4) is 0 Å². The Morgan fingerprint density at radius 3 is 2.90 bits per heavy atom. The van der Waals surface area contributed by atoms with Crippen molar-refractivity contribution in [2.24, 2.45) is 11.7 Å². The van der Waals surface area contributed by atoms with Crippen LogP contribution >= 0.6 is 0 Å². The average molecular weight is 275 g/mol. The summed E-state index contributed by atoms with van der Waals surface area (Å²) in [6, 6.07) is 7.00. The van der Waals surface area contributed by atoms with Gasteiger partial charge < -0.3 is 11.1 Å². The van der Waals surface area contributed by atoms with E-state index in [4.69, 9.17) is 5.73 Å². The summed E-state index contributed by atoms with van der Waals surface area (Å²) in [6.07, 6.45) is 1.06.